The summed E-state index contributed by atoms with van der Waals surface area (Å²) in [4.78, 5) is 29.2. The minimum absolute atomic E-state index is 0.0204. The second kappa shape index (κ2) is 8.27. The fraction of sp³-hybridized carbons (Fsp3) is 0.333. The van der Waals surface area contributed by atoms with Gasteiger partial charge in [-0.1, -0.05) is 18.7 Å². The van der Waals surface area contributed by atoms with Crippen molar-refractivity contribution in [2.45, 2.75) is 37.9 Å². The Hall–Kier alpha value is -3.69. The molecule has 2 aromatic rings. The molecular weight excluding hydrogens is 447 g/mol. The highest BCUT2D eigenvalue weighted by atomic mass is 19.4. The predicted octanol–water partition coefficient (Wildman–Crippen LogP) is 3.97. The number of carbonyl (C=O) groups is 2. The minimum atomic E-state index is -4.45. The van der Waals surface area contributed by atoms with Gasteiger partial charge in [-0.2, -0.15) is 13.2 Å². The summed E-state index contributed by atoms with van der Waals surface area (Å²) in [5.74, 6) is -0.271. The number of alkyl halides is 3. The first kappa shape index (κ1) is 22.1. The highest BCUT2D eigenvalue weighted by Crippen LogP contribution is 2.42. The Kier molecular flexibility index (Phi) is 5.38. The molecule has 5 rings (SSSR count). The summed E-state index contributed by atoms with van der Waals surface area (Å²) in [5, 5.41) is 10.5. The van der Waals surface area contributed by atoms with Crippen molar-refractivity contribution in [3.63, 3.8) is 0 Å². The van der Waals surface area contributed by atoms with E-state index in [-0.39, 0.29) is 41.5 Å². The van der Waals surface area contributed by atoms with Crippen LogP contribution in [-0.4, -0.2) is 50.9 Å². The number of aromatic nitrogens is 2. The van der Waals surface area contributed by atoms with Crippen LogP contribution in [0.25, 0.3) is 11.3 Å². The molecule has 0 radical (unpaired) electrons. The molecule has 0 unspecified atom stereocenters. The molecule has 2 amide bonds. The summed E-state index contributed by atoms with van der Waals surface area (Å²) in [6.07, 6.45) is -0.919. The molecule has 176 valence electrons. The van der Waals surface area contributed by atoms with Crippen molar-refractivity contribution < 1.29 is 22.8 Å². The van der Waals surface area contributed by atoms with Crippen LogP contribution in [-0.2, 0) is 15.8 Å². The number of allylic oxidation sites excluding steroid dienone is 1. The second-order valence-electron chi connectivity index (χ2n) is 8.64. The molecule has 10 heteroatoms. The van der Waals surface area contributed by atoms with Crippen LogP contribution in [0.2, 0.25) is 0 Å². The second-order valence-corrected chi connectivity index (χ2v) is 8.64. The maximum Gasteiger partial charge on any atom is 0.416 e. The van der Waals surface area contributed by atoms with Gasteiger partial charge in [-0.15, -0.1) is 10.2 Å². The molecule has 0 atom stereocenters. The standard InChI is InChI=1S/C24H22F3N5O2/c1-14-18-6-3-11-31(22(18)23(34)32(14)17-7-8-17)13-21(33)28-20-10-9-19(29-30-20)15-4-2-5-16(12-15)24(25,26)27/h2,4-5,9-10,12,17H,1,3,6-8,11,13H2,(H,28,30,33). The van der Waals surface area contributed by atoms with Crippen LogP contribution < -0.4 is 5.32 Å². The lowest BCUT2D eigenvalue weighted by atomic mass is 10.0. The van der Waals surface area contributed by atoms with Crippen molar-refractivity contribution in [1.82, 2.24) is 20.0 Å². The fourth-order valence-corrected chi connectivity index (χ4v) is 4.44. The van der Waals surface area contributed by atoms with Crippen LogP contribution in [0.5, 0.6) is 0 Å². The number of carbonyl (C=O) groups excluding carboxylic acids is 2. The zero-order chi connectivity index (χ0) is 24.0. The van der Waals surface area contributed by atoms with Gasteiger partial charge in [0, 0.05) is 29.4 Å². The molecule has 1 aromatic heterocycles. The molecule has 2 aliphatic heterocycles. The summed E-state index contributed by atoms with van der Waals surface area (Å²) in [6, 6.07) is 8.00. The fourth-order valence-electron chi connectivity index (χ4n) is 4.44. The average Bonchev–Trinajstić information content (AvgIpc) is 3.60. The maximum absolute atomic E-state index is 13.0. The van der Waals surface area contributed by atoms with Gasteiger partial charge < -0.3 is 15.1 Å². The Morgan fingerprint density at radius 1 is 1.18 bits per heavy atom. The summed E-state index contributed by atoms with van der Waals surface area (Å²) in [7, 11) is 0. The van der Waals surface area contributed by atoms with E-state index in [1.807, 2.05) is 0 Å². The van der Waals surface area contributed by atoms with Crippen LogP contribution in [0.4, 0.5) is 19.0 Å². The largest absolute Gasteiger partial charge is 0.416 e. The molecule has 0 bridgehead atoms. The van der Waals surface area contributed by atoms with Crippen LogP contribution in [0.3, 0.4) is 0 Å². The van der Waals surface area contributed by atoms with Crippen molar-refractivity contribution in [2.24, 2.45) is 0 Å². The van der Waals surface area contributed by atoms with Gasteiger partial charge in [0.2, 0.25) is 5.91 Å². The van der Waals surface area contributed by atoms with Crippen molar-refractivity contribution >= 4 is 17.6 Å². The van der Waals surface area contributed by atoms with E-state index in [1.54, 1.807) is 9.80 Å². The molecule has 1 fully saturated rings. The Balaban J connectivity index is 1.26. The number of nitrogens with one attached hydrogen (secondary N) is 1. The van der Waals surface area contributed by atoms with Crippen molar-refractivity contribution in [2.75, 3.05) is 18.4 Å². The molecule has 0 saturated heterocycles. The van der Waals surface area contributed by atoms with E-state index in [2.05, 4.69) is 22.1 Å². The maximum atomic E-state index is 13.0. The molecule has 1 saturated carbocycles. The number of hydrogen-bond acceptors (Lipinski definition) is 5. The summed E-state index contributed by atoms with van der Waals surface area (Å²) in [5.41, 5.74) is 1.98. The summed E-state index contributed by atoms with van der Waals surface area (Å²) < 4.78 is 38.9. The lowest BCUT2D eigenvalue weighted by Gasteiger charge is -2.28. The van der Waals surface area contributed by atoms with Gasteiger partial charge in [0.25, 0.3) is 5.91 Å². The molecule has 1 aromatic carbocycles. The Labute approximate surface area is 193 Å². The van der Waals surface area contributed by atoms with Crippen molar-refractivity contribution in [1.29, 1.82) is 0 Å². The molecule has 1 aliphatic carbocycles. The Morgan fingerprint density at radius 3 is 2.65 bits per heavy atom. The zero-order valence-corrected chi connectivity index (χ0v) is 18.2. The van der Waals surface area contributed by atoms with Crippen LogP contribution in [0, 0.1) is 0 Å². The smallest absolute Gasteiger partial charge is 0.357 e. The molecular formula is C24H22F3N5O2. The molecule has 34 heavy (non-hydrogen) atoms. The normalized spacial score (nSPS) is 18.4. The number of rotatable bonds is 5. The van der Waals surface area contributed by atoms with Gasteiger partial charge >= 0.3 is 6.18 Å². The van der Waals surface area contributed by atoms with E-state index in [9.17, 15) is 22.8 Å². The topological polar surface area (TPSA) is 78.4 Å². The van der Waals surface area contributed by atoms with E-state index in [4.69, 9.17) is 0 Å². The molecule has 3 heterocycles. The van der Waals surface area contributed by atoms with E-state index < -0.39 is 11.7 Å². The van der Waals surface area contributed by atoms with Crippen molar-refractivity contribution in [3.8, 4) is 11.3 Å². The van der Waals surface area contributed by atoms with E-state index >= 15 is 0 Å². The third kappa shape index (κ3) is 4.15. The predicted molar refractivity (Wildman–Crippen MR) is 118 cm³/mol. The lowest BCUT2D eigenvalue weighted by Crippen LogP contribution is -2.39. The molecule has 3 aliphatic rings. The first-order chi connectivity index (χ1) is 16.2. The number of benzene rings is 1. The number of nitrogens with zero attached hydrogens (tertiary/aromatic N) is 4. The van der Waals surface area contributed by atoms with Gasteiger partial charge in [-0.05, 0) is 49.9 Å². The number of amides is 2. The Bertz CT molecular complexity index is 1200. The quantitative estimate of drug-likeness (QED) is 0.717. The molecule has 7 nitrogen and oxygen atoms in total. The van der Waals surface area contributed by atoms with Crippen LogP contribution in [0.1, 0.15) is 31.2 Å². The third-order valence-electron chi connectivity index (χ3n) is 6.18. The molecule has 0 spiro atoms. The first-order valence-corrected chi connectivity index (χ1v) is 11.0. The highest BCUT2D eigenvalue weighted by molar-refractivity contribution is 6.01. The van der Waals surface area contributed by atoms with Crippen molar-refractivity contribution in [3.05, 3.63) is 65.5 Å². The third-order valence-corrected chi connectivity index (χ3v) is 6.18. The van der Waals surface area contributed by atoms with Crippen LogP contribution in [0.15, 0.2) is 59.9 Å². The van der Waals surface area contributed by atoms with E-state index in [0.29, 0.717) is 12.2 Å². The Morgan fingerprint density at radius 2 is 1.97 bits per heavy atom. The molecule has 1 N–H and O–H groups in total. The summed E-state index contributed by atoms with van der Waals surface area (Å²) >= 11 is 0. The van der Waals surface area contributed by atoms with Crippen LogP contribution >= 0.6 is 0 Å². The van der Waals surface area contributed by atoms with E-state index in [0.717, 1.165) is 49.1 Å². The van der Waals surface area contributed by atoms with Gasteiger partial charge in [0.1, 0.15) is 5.70 Å². The zero-order valence-electron chi connectivity index (χ0n) is 18.2. The van der Waals surface area contributed by atoms with Gasteiger partial charge in [-0.25, -0.2) is 0 Å². The van der Waals surface area contributed by atoms with Gasteiger partial charge in [-0.3, -0.25) is 9.59 Å². The minimum Gasteiger partial charge on any atom is -0.357 e. The summed E-state index contributed by atoms with van der Waals surface area (Å²) in [6.45, 7) is 4.67. The first-order valence-electron chi connectivity index (χ1n) is 11.0. The number of hydrogen-bond donors (Lipinski definition) is 1. The highest BCUT2D eigenvalue weighted by Gasteiger charge is 2.45. The number of halogens is 3. The monoisotopic (exact) mass is 469 g/mol. The van der Waals surface area contributed by atoms with E-state index in [1.165, 1.54) is 24.3 Å². The number of anilines is 1. The van der Waals surface area contributed by atoms with Gasteiger partial charge in [0.05, 0.1) is 17.8 Å². The SMILES string of the molecule is C=C1C2=C(C(=O)N1C1CC1)N(CC(=O)Nc1ccc(-c3cccc(C(F)(F)F)c3)nn1)CCC2. The lowest BCUT2D eigenvalue weighted by molar-refractivity contribution is -0.137. The average molecular weight is 469 g/mol. The van der Waals surface area contributed by atoms with Gasteiger partial charge in [0.15, 0.2) is 5.82 Å².